The Morgan fingerprint density at radius 2 is 2.08 bits per heavy atom. The van der Waals surface area contributed by atoms with Gasteiger partial charge in [0.1, 0.15) is 0 Å². The molecule has 136 valence electrons. The third kappa shape index (κ3) is 6.13. The number of rotatable bonds is 8. The number of nitrogens with one attached hydrogen (secondary N) is 1. The van der Waals surface area contributed by atoms with Crippen molar-refractivity contribution in [2.24, 2.45) is 0 Å². The predicted molar refractivity (Wildman–Crippen MR) is 100 cm³/mol. The molecule has 0 aliphatic carbocycles. The fourth-order valence-electron chi connectivity index (χ4n) is 2.20. The zero-order chi connectivity index (χ0) is 18.3. The summed E-state index contributed by atoms with van der Waals surface area (Å²) in [6.45, 7) is 4.55. The Bertz CT molecular complexity index is 788. The minimum absolute atomic E-state index is 0.0509. The fraction of sp³-hybridized carbons (Fsp3) is 0.412. The van der Waals surface area contributed by atoms with Gasteiger partial charge >= 0.3 is 6.03 Å². The average molecular weight is 382 g/mol. The van der Waals surface area contributed by atoms with Crippen LogP contribution in [0.15, 0.2) is 35.8 Å². The second-order valence-corrected chi connectivity index (χ2v) is 9.15. The maximum absolute atomic E-state index is 12.6. The number of nitrogens with zero attached hydrogens (tertiary/aromatic N) is 2. The van der Waals surface area contributed by atoms with Crippen LogP contribution in [-0.2, 0) is 22.9 Å². The zero-order valence-electron chi connectivity index (χ0n) is 14.4. The van der Waals surface area contributed by atoms with Crippen molar-refractivity contribution in [3.05, 3.63) is 52.0 Å². The van der Waals surface area contributed by atoms with Crippen LogP contribution in [0.25, 0.3) is 0 Å². The molecule has 0 fully saturated rings. The minimum atomic E-state index is -3.10. The molecule has 25 heavy (non-hydrogen) atoms. The van der Waals surface area contributed by atoms with Crippen LogP contribution in [0.1, 0.15) is 23.1 Å². The lowest BCUT2D eigenvalue weighted by atomic mass is 10.2. The molecule has 0 radical (unpaired) electrons. The summed E-state index contributed by atoms with van der Waals surface area (Å²) in [7, 11) is -3.10. The van der Waals surface area contributed by atoms with E-state index in [0.29, 0.717) is 13.1 Å². The maximum Gasteiger partial charge on any atom is 0.318 e. The molecule has 0 bridgehead atoms. The minimum Gasteiger partial charge on any atom is -0.337 e. The van der Waals surface area contributed by atoms with E-state index in [1.807, 2.05) is 36.6 Å². The van der Waals surface area contributed by atoms with Gasteiger partial charge in [0.05, 0.1) is 24.5 Å². The predicted octanol–water partition coefficient (Wildman–Crippen LogP) is 2.60. The number of thiophene rings is 1. The van der Waals surface area contributed by atoms with E-state index in [4.69, 9.17) is 0 Å². The van der Waals surface area contributed by atoms with Gasteiger partial charge in [-0.3, -0.25) is 4.98 Å². The Morgan fingerprint density at radius 3 is 2.68 bits per heavy atom. The van der Waals surface area contributed by atoms with E-state index in [1.54, 1.807) is 29.4 Å². The Hall–Kier alpha value is -1.93. The molecule has 6 nitrogen and oxygen atoms in total. The first kappa shape index (κ1) is 19.4. The van der Waals surface area contributed by atoms with Crippen molar-refractivity contribution in [2.75, 3.05) is 18.1 Å². The summed E-state index contributed by atoms with van der Waals surface area (Å²) >= 11 is 1.60. The molecular weight excluding hydrogens is 358 g/mol. The van der Waals surface area contributed by atoms with Crippen LogP contribution in [-0.4, -0.2) is 42.4 Å². The van der Waals surface area contributed by atoms with E-state index in [-0.39, 0.29) is 24.1 Å². The Kier molecular flexibility index (Phi) is 6.95. The first-order valence-electron chi connectivity index (χ1n) is 8.07. The molecule has 2 amide bonds. The molecule has 2 aromatic rings. The lowest BCUT2D eigenvalue weighted by Crippen LogP contribution is -2.41. The summed E-state index contributed by atoms with van der Waals surface area (Å²) in [6.07, 6.45) is 1.69. The topological polar surface area (TPSA) is 79.4 Å². The Morgan fingerprint density at radius 1 is 1.28 bits per heavy atom. The van der Waals surface area contributed by atoms with Crippen molar-refractivity contribution in [3.8, 4) is 0 Å². The quantitative estimate of drug-likeness (QED) is 0.762. The number of pyridine rings is 1. The SMILES string of the molecule is CCS(=O)(=O)CCNC(=O)N(Cc1ccccn1)Cc1sccc1C. The van der Waals surface area contributed by atoms with Gasteiger partial charge in [-0.1, -0.05) is 13.0 Å². The van der Waals surface area contributed by atoms with Gasteiger partial charge in [0.15, 0.2) is 9.84 Å². The standard InChI is InChI=1S/C17H23N3O3S2/c1-3-25(22,23)11-9-19-17(21)20(12-15-6-4-5-8-18-15)13-16-14(2)7-10-24-16/h4-8,10H,3,9,11-13H2,1-2H3,(H,19,21). The lowest BCUT2D eigenvalue weighted by Gasteiger charge is -2.22. The van der Waals surface area contributed by atoms with Crippen molar-refractivity contribution in [3.63, 3.8) is 0 Å². The first-order valence-corrected chi connectivity index (χ1v) is 10.8. The lowest BCUT2D eigenvalue weighted by molar-refractivity contribution is 0.192. The van der Waals surface area contributed by atoms with Crippen LogP contribution in [0.5, 0.6) is 0 Å². The second-order valence-electron chi connectivity index (χ2n) is 5.67. The highest BCUT2D eigenvalue weighted by Crippen LogP contribution is 2.19. The highest BCUT2D eigenvalue weighted by Gasteiger charge is 2.17. The van der Waals surface area contributed by atoms with Crippen molar-refractivity contribution >= 4 is 27.2 Å². The van der Waals surface area contributed by atoms with Crippen molar-refractivity contribution in [1.82, 2.24) is 15.2 Å². The fourth-order valence-corrected chi connectivity index (χ4v) is 3.82. The maximum atomic E-state index is 12.6. The average Bonchev–Trinajstić information content (AvgIpc) is 3.00. The van der Waals surface area contributed by atoms with Gasteiger partial charge in [-0.05, 0) is 36.1 Å². The van der Waals surface area contributed by atoms with Gasteiger partial charge in [0, 0.05) is 23.4 Å². The summed E-state index contributed by atoms with van der Waals surface area (Å²) in [4.78, 5) is 19.6. The number of sulfone groups is 1. The number of amides is 2. The van der Waals surface area contributed by atoms with Gasteiger partial charge in [0.2, 0.25) is 0 Å². The van der Waals surface area contributed by atoms with Crippen LogP contribution >= 0.6 is 11.3 Å². The van der Waals surface area contributed by atoms with Gasteiger partial charge in [0.25, 0.3) is 0 Å². The monoisotopic (exact) mass is 381 g/mol. The first-order chi connectivity index (χ1) is 11.9. The largest absolute Gasteiger partial charge is 0.337 e. The molecule has 0 aromatic carbocycles. The highest BCUT2D eigenvalue weighted by atomic mass is 32.2. The van der Waals surface area contributed by atoms with E-state index >= 15 is 0 Å². The normalized spacial score (nSPS) is 11.3. The summed E-state index contributed by atoms with van der Waals surface area (Å²) in [5.41, 5.74) is 1.92. The molecule has 2 aromatic heterocycles. The van der Waals surface area contributed by atoms with E-state index in [2.05, 4.69) is 10.3 Å². The van der Waals surface area contributed by atoms with Crippen LogP contribution in [0, 0.1) is 6.92 Å². The molecule has 0 saturated heterocycles. The van der Waals surface area contributed by atoms with Gasteiger partial charge < -0.3 is 10.2 Å². The van der Waals surface area contributed by atoms with Crippen LogP contribution in [0.2, 0.25) is 0 Å². The van der Waals surface area contributed by atoms with E-state index in [1.165, 1.54) is 0 Å². The number of urea groups is 1. The van der Waals surface area contributed by atoms with Crippen LogP contribution in [0.3, 0.4) is 0 Å². The van der Waals surface area contributed by atoms with Gasteiger partial charge in [-0.2, -0.15) is 0 Å². The van der Waals surface area contributed by atoms with Crippen LogP contribution < -0.4 is 5.32 Å². The third-order valence-corrected chi connectivity index (χ3v) is 6.51. The summed E-state index contributed by atoms with van der Waals surface area (Å²) in [6, 6.07) is 7.30. The molecule has 2 heterocycles. The number of hydrogen-bond acceptors (Lipinski definition) is 5. The van der Waals surface area contributed by atoms with Crippen molar-refractivity contribution in [2.45, 2.75) is 26.9 Å². The number of carbonyl (C=O) groups is 1. The number of aromatic nitrogens is 1. The molecule has 0 aliphatic heterocycles. The van der Waals surface area contributed by atoms with E-state index in [0.717, 1.165) is 16.1 Å². The summed E-state index contributed by atoms with van der Waals surface area (Å²) < 4.78 is 23.1. The molecule has 0 spiro atoms. The van der Waals surface area contributed by atoms with E-state index in [9.17, 15) is 13.2 Å². The zero-order valence-corrected chi connectivity index (χ0v) is 16.1. The Balaban J connectivity index is 2.05. The molecule has 0 saturated carbocycles. The van der Waals surface area contributed by atoms with Crippen LogP contribution in [0.4, 0.5) is 4.79 Å². The van der Waals surface area contributed by atoms with Crippen molar-refractivity contribution < 1.29 is 13.2 Å². The molecule has 0 aliphatic rings. The van der Waals surface area contributed by atoms with Crippen molar-refractivity contribution in [1.29, 1.82) is 0 Å². The number of carbonyl (C=O) groups excluding carboxylic acids is 1. The molecule has 8 heteroatoms. The molecule has 2 rings (SSSR count). The molecular formula is C17H23N3O3S2. The highest BCUT2D eigenvalue weighted by molar-refractivity contribution is 7.91. The third-order valence-electron chi connectivity index (χ3n) is 3.80. The number of aryl methyl sites for hydroxylation is 1. The molecule has 0 unspecified atom stereocenters. The summed E-state index contributed by atoms with van der Waals surface area (Å²) in [5.74, 6) is 0.0274. The second kappa shape index (κ2) is 8.96. The number of hydrogen-bond donors (Lipinski definition) is 1. The smallest absolute Gasteiger partial charge is 0.318 e. The summed E-state index contributed by atoms with van der Waals surface area (Å²) in [5, 5.41) is 4.71. The van der Waals surface area contributed by atoms with Gasteiger partial charge in [-0.15, -0.1) is 11.3 Å². The van der Waals surface area contributed by atoms with E-state index < -0.39 is 9.84 Å². The Labute approximate surface area is 152 Å². The van der Waals surface area contributed by atoms with Gasteiger partial charge in [-0.25, -0.2) is 13.2 Å². The molecule has 0 atom stereocenters. The molecule has 1 N–H and O–H groups in total.